The summed E-state index contributed by atoms with van der Waals surface area (Å²) < 4.78 is 0.891. The van der Waals surface area contributed by atoms with E-state index < -0.39 is 0 Å². The number of carbonyl (C=O) groups is 1. The highest BCUT2D eigenvalue weighted by Gasteiger charge is 2.18. The Balaban J connectivity index is 2.06. The van der Waals surface area contributed by atoms with Gasteiger partial charge < -0.3 is 10.4 Å². The third-order valence-corrected chi connectivity index (χ3v) is 4.49. The van der Waals surface area contributed by atoms with Crippen LogP contribution in [0.15, 0.2) is 46.9 Å². The second-order valence-electron chi connectivity index (χ2n) is 6.71. The number of nitrogens with one attached hydrogen (secondary N) is 2. The van der Waals surface area contributed by atoms with Gasteiger partial charge in [0, 0.05) is 15.7 Å². The lowest BCUT2D eigenvalue weighted by atomic mass is 9.86. The van der Waals surface area contributed by atoms with Crippen LogP contribution in [0.5, 0.6) is 0 Å². The molecule has 3 N–H and O–H groups in total. The second-order valence-corrected chi connectivity index (χ2v) is 7.97. The number of amides is 1. The number of rotatable bonds is 3. The number of halogens is 1. The first-order valence-electron chi connectivity index (χ1n) is 7.83. The molecule has 0 aliphatic heterocycles. The van der Waals surface area contributed by atoms with E-state index in [1.165, 1.54) is 0 Å². The summed E-state index contributed by atoms with van der Waals surface area (Å²) in [6.45, 7) is 6.30. The van der Waals surface area contributed by atoms with Gasteiger partial charge in [-0.15, -0.1) is 0 Å². The molecule has 0 fully saturated rings. The molecule has 0 aliphatic rings. The predicted octanol–water partition coefficient (Wildman–Crippen LogP) is 4.37. The summed E-state index contributed by atoms with van der Waals surface area (Å²) >= 11 is 8.73. The Morgan fingerprint density at radius 1 is 1.20 bits per heavy atom. The van der Waals surface area contributed by atoms with E-state index in [0.717, 1.165) is 15.6 Å². The van der Waals surface area contributed by atoms with E-state index in [4.69, 9.17) is 17.3 Å². The van der Waals surface area contributed by atoms with Crippen molar-refractivity contribution in [1.82, 2.24) is 5.32 Å². The van der Waals surface area contributed by atoms with Crippen molar-refractivity contribution in [2.24, 2.45) is 0 Å². The highest BCUT2D eigenvalue weighted by atomic mass is 79.9. The third kappa shape index (κ3) is 5.36. The first-order chi connectivity index (χ1) is 11.7. The van der Waals surface area contributed by atoms with Crippen molar-refractivity contribution < 1.29 is 9.90 Å². The average Bonchev–Trinajstić information content (AvgIpc) is 2.53. The number of carbonyl (C=O) groups excluding carboxylic acids is 1. The van der Waals surface area contributed by atoms with Crippen molar-refractivity contribution in [3.8, 4) is 0 Å². The highest BCUT2D eigenvalue weighted by Crippen LogP contribution is 2.30. The molecule has 6 heteroatoms. The summed E-state index contributed by atoms with van der Waals surface area (Å²) in [5.41, 5.74) is 3.11. The number of aliphatic hydroxyl groups is 1. The van der Waals surface area contributed by atoms with E-state index >= 15 is 0 Å². The van der Waals surface area contributed by atoms with E-state index in [1.54, 1.807) is 30.3 Å². The first-order valence-corrected chi connectivity index (χ1v) is 9.03. The number of anilines is 1. The fraction of sp³-hybridized carbons (Fsp3) is 0.263. The zero-order valence-corrected chi connectivity index (χ0v) is 16.8. The molecule has 0 unspecified atom stereocenters. The van der Waals surface area contributed by atoms with Crippen molar-refractivity contribution in [3.63, 3.8) is 0 Å². The quantitative estimate of drug-likeness (QED) is 0.645. The molecule has 25 heavy (non-hydrogen) atoms. The van der Waals surface area contributed by atoms with Crippen molar-refractivity contribution in [3.05, 3.63) is 63.6 Å². The van der Waals surface area contributed by atoms with E-state index in [9.17, 15) is 4.79 Å². The van der Waals surface area contributed by atoms with Crippen LogP contribution < -0.4 is 10.6 Å². The molecule has 0 radical (unpaired) electrons. The molecule has 0 aromatic heterocycles. The van der Waals surface area contributed by atoms with Crippen molar-refractivity contribution in [2.75, 3.05) is 5.32 Å². The van der Waals surface area contributed by atoms with Gasteiger partial charge in [0.1, 0.15) is 0 Å². The van der Waals surface area contributed by atoms with Crippen molar-refractivity contribution in [1.29, 1.82) is 0 Å². The lowest BCUT2D eigenvalue weighted by Gasteiger charge is -2.21. The fourth-order valence-electron chi connectivity index (χ4n) is 2.35. The van der Waals surface area contributed by atoms with Crippen LogP contribution in [0.1, 0.15) is 42.3 Å². The Hall–Kier alpha value is -1.76. The van der Waals surface area contributed by atoms with Crippen LogP contribution in [0, 0.1) is 0 Å². The summed E-state index contributed by atoms with van der Waals surface area (Å²) in [6.07, 6.45) is 0. The molecule has 4 nitrogen and oxygen atoms in total. The summed E-state index contributed by atoms with van der Waals surface area (Å²) in [5, 5.41) is 15.0. The molecule has 132 valence electrons. The minimum atomic E-state index is -0.281. The normalized spacial score (nSPS) is 11.1. The van der Waals surface area contributed by atoms with Crippen LogP contribution in [-0.4, -0.2) is 16.1 Å². The SMILES string of the molecule is CC(C)(C)c1ccc(C(=O)NC(=S)Nc2cccc(CO)c2)cc1Br. The van der Waals surface area contributed by atoms with Gasteiger partial charge in [0.25, 0.3) is 5.91 Å². The minimum absolute atomic E-state index is 0.0115. The molecule has 0 saturated heterocycles. The third-order valence-electron chi connectivity index (χ3n) is 3.63. The van der Waals surface area contributed by atoms with E-state index in [2.05, 4.69) is 47.3 Å². The Bertz CT molecular complexity index is 800. The maximum Gasteiger partial charge on any atom is 0.257 e. The van der Waals surface area contributed by atoms with E-state index in [1.807, 2.05) is 12.1 Å². The fourth-order valence-corrected chi connectivity index (χ4v) is 3.53. The largest absolute Gasteiger partial charge is 0.392 e. The summed E-state index contributed by atoms with van der Waals surface area (Å²) in [6, 6.07) is 12.7. The molecule has 0 atom stereocenters. The van der Waals surface area contributed by atoms with E-state index in [-0.39, 0.29) is 23.0 Å². The van der Waals surface area contributed by atoms with Gasteiger partial charge >= 0.3 is 0 Å². The summed E-state index contributed by atoms with van der Waals surface area (Å²) in [4.78, 5) is 12.4. The summed E-state index contributed by atoms with van der Waals surface area (Å²) in [7, 11) is 0. The molecule has 1 amide bonds. The molecule has 0 spiro atoms. The number of benzene rings is 2. The monoisotopic (exact) mass is 420 g/mol. The van der Waals surface area contributed by atoms with Gasteiger partial charge in [-0.3, -0.25) is 10.1 Å². The number of hydrogen-bond acceptors (Lipinski definition) is 3. The van der Waals surface area contributed by atoms with Crippen LogP contribution in [0.3, 0.4) is 0 Å². The van der Waals surface area contributed by atoms with Gasteiger partial charge in [-0.1, -0.05) is 54.9 Å². The molecular formula is C19H21BrN2O2S. The molecule has 0 heterocycles. The van der Waals surface area contributed by atoms with Crippen LogP contribution in [0.2, 0.25) is 0 Å². The molecule has 2 aromatic carbocycles. The zero-order valence-electron chi connectivity index (χ0n) is 14.4. The Morgan fingerprint density at radius 2 is 1.92 bits per heavy atom. The molecule has 2 aromatic rings. The molecule has 2 rings (SSSR count). The van der Waals surface area contributed by atoms with Gasteiger partial charge in [0.2, 0.25) is 0 Å². The van der Waals surface area contributed by atoms with Gasteiger partial charge in [-0.05, 0) is 53.0 Å². The maximum absolute atomic E-state index is 12.4. The predicted molar refractivity (Wildman–Crippen MR) is 109 cm³/mol. The minimum Gasteiger partial charge on any atom is -0.392 e. The molecule has 0 saturated carbocycles. The maximum atomic E-state index is 12.4. The molecule has 0 aliphatic carbocycles. The summed E-state index contributed by atoms with van der Waals surface area (Å²) in [5.74, 6) is -0.281. The van der Waals surface area contributed by atoms with Crippen LogP contribution in [0.4, 0.5) is 5.69 Å². The van der Waals surface area contributed by atoms with E-state index in [0.29, 0.717) is 11.3 Å². The van der Waals surface area contributed by atoms with Crippen molar-refractivity contribution >= 4 is 44.9 Å². The van der Waals surface area contributed by atoms with Crippen LogP contribution in [-0.2, 0) is 12.0 Å². The number of aliphatic hydroxyl groups excluding tert-OH is 1. The van der Waals surface area contributed by atoms with Gasteiger partial charge in [0.15, 0.2) is 5.11 Å². The zero-order chi connectivity index (χ0) is 18.6. The average molecular weight is 421 g/mol. The van der Waals surface area contributed by atoms with Crippen LogP contribution >= 0.6 is 28.1 Å². The Labute approximate surface area is 161 Å². The smallest absolute Gasteiger partial charge is 0.257 e. The van der Waals surface area contributed by atoms with Gasteiger partial charge in [-0.2, -0.15) is 0 Å². The lowest BCUT2D eigenvalue weighted by molar-refractivity contribution is 0.0977. The van der Waals surface area contributed by atoms with Crippen LogP contribution in [0.25, 0.3) is 0 Å². The topological polar surface area (TPSA) is 61.4 Å². The highest BCUT2D eigenvalue weighted by molar-refractivity contribution is 9.10. The standard InChI is InChI=1S/C19H21BrN2O2S/c1-19(2,3)15-8-7-13(10-16(15)20)17(24)22-18(25)21-14-6-4-5-12(9-14)11-23/h4-10,23H,11H2,1-3H3,(H2,21,22,24,25). The first kappa shape index (κ1) is 19.6. The number of hydrogen-bond donors (Lipinski definition) is 3. The molecular weight excluding hydrogens is 400 g/mol. The Kier molecular flexibility index (Phi) is 6.32. The van der Waals surface area contributed by atoms with Gasteiger partial charge in [0.05, 0.1) is 6.61 Å². The van der Waals surface area contributed by atoms with Crippen molar-refractivity contribution in [2.45, 2.75) is 32.8 Å². The Morgan fingerprint density at radius 3 is 2.52 bits per heavy atom. The second kappa shape index (κ2) is 8.08. The lowest BCUT2D eigenvalue weighted by Crippen LogP contribution is -2.34. The number of thiocarbonyl (C=S) groups is 1. The molecule has 0 bridgehead atoms. The van der Waals surface area contributed by atoms with Gasteiger partial charge in [-0.25, -0.2) is 0 Å².